The van der Waals surface area contributed by atoms with E-state index in [1.165, 1.54) is 22.7 Å². The van der Waals surface area contributed by atoms with Gasteiger partial charge in [0.05, 0.1) is 15.5 Å². The zero-order valence-corrected chi connectivity index (χ0v) is 16.1. The van der Waals surface area contributed by atoms with Crippen LogP contribution in [-0.2, 0) is 15.3 Å². The largest absolute Gasteiger partial charge is 0.270 e. The zero-order valence-electron chi connectivity index (χ0n) is 13.7. The molecule has 3 nitrogen and oxygen atoms in total. The second-order valence-electron chi connectivity index (χ2n) is 5.61. The number of halogens is 2. The molecule has 2 aromatic rings. The molecule has 132 valence electrons. The summed E-state index contributed by atoms with van der Waals surface area (Å²) in [7, 11) is 0. The van der Waals surface area contributed by atoms with Gasteiger partial charge in [-0.05, 0) is 17.7 Å². The van der Waals surface area contributed by atoms with Crippen LogP contribution in [0.3, 0.4) is 0 Å². The van der Waals surface area contributed by atoms with Crippen LogP contribution in [0.1, 0.15) is 11.1 Å². The third-order valence-corrected chi connectivity index (χ3v) is 5.56. The molecule has 6 heteroatoms. The summed E-state index contributed by atoms with van der Waals surface area (Å²) in [5.74, 6) is -0.113. The maximum atomic E-state index is 12.9. The van der Waals surface area contributed by atoms with Crippen molar-refractivity contribution >= 4 is 52.4 Å². The number of carbonyl (C=O) groups is 2. The molecule has 0 unspecified atom stereocenters. The number of carbonyl (C=O) groups excluding carboxylic acids is 2. The Kier molecular flexibility index (Phi) is 5.87. The summed E-state index contributed by atoms with van der Waals surface area (Å²) in [6, 6.07) is 14.7. The first-order chi connectivity index (χ1) is 12.5. The molecule has 0 spiro atoms. The first-order valence-electron chi connectivity index (χ1n) is 7.86. The molecule has 0 aromatic heterocycles. The summed E-state index contributed by atoms with van der Waals surface area (Å²) in [5.41, 5.74) is 1.89. The molecule has 1 aliphatic heterocycles. The highest BCUT2D eigenvalue weighted by atomic mass is 35.5. The predicted octanol–water partition coefficient (Wildman–Crippen LogP) is 5.19. The van der Waals surface area contributed by atoms with Gasteiger partial charge in [0, 0.05) is 22.9 Å². The van der Waals surface area contributed by atoms with Gasteiger partial charge in [0.25, 0.3) is 11.8 Å². The van der Waals surface area contributed by atoms with Gasteiger partial charge in [0.2, 0.25) is 0 Å². The average molecular weight is 404 g/mol. The summed E-state index contributed by atoms with van der Waals surface area (Å²) in [5, 5.41) is 0.810. The summed E-state index contributed by atoms with van der Waals surface area (Å²) in [6.07, 6.45) is 1.53. The van der Waals surface area contributed by atoms with Gasteiger partial charge in [-0.3, -0.25) is 14.5 Å². The number of benzene rings is 2. The molecule has 26 heavy (non-hydrogen) atoms. The summed E-state index contributed by atoms with van der Waals surface area (Å²) >= 11 is 13.6. The van der Waals surface area contributed by atoms with E-state index in [1.807, 2.05) is 30.3 Å². The second-order valence-corrected chi connectivity index (χ2v) is 7.44. The summed E-state index contributed by atoms with van der Waals surface area (Å²) in [4.78, 5) is 27.2. The Morgan fingerprint density at radius 3 is 2.42 bits per heavy atom. The van der Waals surface area contributed by atoms with Gasteiger partial charge in [-0.2, -0.15) is 0 Å². The molecular formula is C20H15Cl2NO2S. The van der Waals surface area contributed by atoms with Crippen LogP contribution in [0.25, 0.3) is 5.57 Å². The third kappa shape index (κ3) is 3.73. The first kappa shape index (κ1) is 18.8. The van der Waals surface area contributed by atoms with Crippen molar-refractivity contribution in [3.05, 3.63) is 87.3 Å². The highest BCUT2D eigenvalue weighted by Crippen LogP contribution is 2.40. The highest BCUT2D eigenvalue weighted by Gasteiger charge is 2.39. The summed E-state index contributed by atoms with van der Waals surface area (Å²) in [6.45, 7) is 3.78. The van der Waals surface area contributed by atoms with Crippen LogP contribution in [0.15, 0.2) is 66.1 Å². The average Bonchev–Trinajstić information content (AvgIpc) is 2.86. The van der Waals surface area contributed by atoms with E-state index in [0.29, 0.717) is 31.8 Å². The highest BCUT2D eigenvalue weighted by molar-refractivity contribution is 8.03. The molecule has 1 aliphatic rings. The van der Waals surface area contributed by atoms with Crippen molar-refractivity contribution in [1.29, 1.82) is 0 Å². The van der Waals surface area contributed by atoms with Gasteiger partial charge in [0.1, 0.15) is 0 Å². The van der Waals surface area contributed by atoms with E-state index in [0.717, 1.165) is 5.56 Å². The lowest BCUT2D eigenvalue weighted by Crippen LogP contribution is -2.31. The maximum Gasteiger partial charge on any atom is 0.268 e. The summed E-state index contributed by atoms with van der Waals surface area (Å²) < 4.78 is 0. The van der Waals surface area contributed by atoms with E-state index >= 15 is 0 Å². The molecule has 0 bridgehead atoms. The van der Waals surface area contributed by atoms with Crippen molar-refractivity contribution < 1.29 is 9.59 Å². The van der Waals surface area contributed by atoms with Crippen molar-refractivity contribution in [2.45, 2.75) is 5.75 Å². The predicted molar refractivity (Wildman–Crippen MR) is 108 cm³/mol. The molecule has 2 aromatic carbocycles. The second kappa shape index (κ2) is 8.12. The molecule has 0 atom stereocenters. The van der Waals surface area contributed by atoms with E-state index < -0.39 is 0 Å². The number of rotatable bonds is 6. The quantitative estimate of drug-likeness (QED) is 0.491. The Labute approximate surface area is 166 Å². The fraction of sp³-hybridized carbons (Fsp3) is 0.100. The molecule has 0 saturated carbocycles. The SMILES string of the molecule is C=CCN1C(=O)C(SCc2ccccc2)=C(c2ccc(Cl)cc2Cl)C1=O. The van der Waals surface area contributed by atoms with E-state index in [9.17, 15) is 9.59 Å². The minimum atomic E-state index is -0.366. The zero-order chi connectivity index (χ0) is 18.7. The van der Waals surface area contributed by atoms with Crippen LogP contribution >= 0.6 is 35.0 Å². The molecule has 0 N–H and O–H groups in total. The lowest BCUT2D eigenvalue weighted by atomic mass is 10.1. The topological polar surface area (TPSA) is 37.4 Å². The van der Waals surface area contributed by atoms with Gasteiger partial charge < -0.3 is 0 Å². The molecule has 0 saturated heterocycles. The van der Waals surface area contributed by atoms with E-state index in [2.05, 4.69) is 6.58 Å². The van der Waals surface area contributed by atoms with Crippen LogP contribution < -0.4 is 0 Å². The van der Waals surface area contributed by atoms with E-state index in [-0.39, 0.29) is 18.4 Å². The minimum Gasteiger partial charge on any atom is -0.270 e. The van der Waals surface area contributed by atoms with E-state index in [4.69, 9.17) is 23.2 Å². The van der Waals surface area contributed by atoms with Gasteiger partial charge in [-0.25, -0.2) is 0 Å². The third-order valence-electron chi connectivity index (χ3n) is 3.86. The molecule has 1 heterocycles. The molecule has 0 radical (unpaired) electrons. The minimum absolute atomic E-state index is 0.155. The van der Waals surface area contributed by atoms with Crippen molar-refractivity contribution in [3.8, 4) is 0 Å². The van der Waals surface area contributed by atoms with Crippen molar-refractivity contribution in [2.24, 2.45) is 0 Å². The normalized spacial score (nSPS) is 14.3. The Morgan fingerprint density at radius 1 is 1.04 bits per heavy atom. The van der Waals surface area contributed by atoms with Gasteiger partial charge >= 0.3 is 0 Å². The molecule has 3 rings (SSSR count). The lowest BCUT2D eigenvalue weighted by Gasteiger charge is -2.12. The fourth-order valence-electron chi connectivity index (χ4n) is 2.64. The number of imide groups is 1. The fourth-order valence-corrected chi connectivity index (χ4v) is 4.22. The Bertz CT molecular complexity index is 909. The van der Waals surface area contributed by atoms with Crippen LogP contribution in [0.5, 0.6) is 0 Å². The van der Waals surface area contributed by atoms with Crippen molar-refractivity contribution in [2.75, 3.05) is 6.54 Å². The Morgan fingerprint density at radius 2 is 1.77 bits per heavy atom. The van der Waals surface area contributed by atoms with Crippen LogP contribution in [-0.4, -0.2) is 23.3 Å². The Hall–Kier alpha value is -2.01. The Balaban J connectivity index is 2.02. The number of hydrogen-bond donors (Lipinski definition) is 0. The monoisotopic (exact) mass is 403 g/mol. The van der Waals surface area contributed by atoms with Crippen LogP contribution in [0.2, 0.25) is 10.0 Å². The smallest absolute Gasteiger partial charge is 0.268 e. The van der Waals surface area contributed by atoms with Crippen molar-refractivity contribution in [1.82, 2.24) is 4.90 Å². The maximum absolute atomic E-state index is 12.9. The van der Waals surface area contributed by atoms with Gasteiger partial charge in [0.15, 0.2) is 0 Å². The molecule has 0 fully saturated rings. The molecule has 0 aliphatic carbocycles. The molecule has 2 amide bonds. The number of thioether (sulfide) groups is 1. The number of nitrogens with zero attached hydrogens (tertiary/aromatic N) is 1. The van der Waals surface area contributed by atoms with Gasteiger partial charge in [-0.15, -0.1) is 18.3 Å². The first-order valence-corrected chi connectivity index (χ1v) is 9.60. The van der Waals surface area contributed by atoms with Crippen LogP contribution in [0.4, 0.5) is 0 Å². The standard InChI is InChI=1S/C20H15Cl2NO2S/c1-2-10-23-19(24)17(15-9-8-14(21)11-16(15)22)18(20(23)25)26-12-13-6-4-3-5-7-13/h2-9,11H,1,10,12H2. The number of amides is 2. The van der Waals surface area contributed by atoms with Gasteiger partial charge in [-0.1, -0.05) is 65.7 Å². The molecular weight excluding hydrogens is 389 g/mol. The lowest BCUT2D eigenvalue weighted by molar-refractivity contribution is -0.135. The van der Waals surface area contributed by atoms with E-state index in [1.54, 1.807) is 18.2 Å². The van der Waals surface area contributed by atoms with Crippen LogP contribution in [0, 0.1) is 0 Å². The number of hydrogen-bond acceptors (Lipinski definition) is 3. The van der Waals surface area contributed by atoms with Crippen molar-refractivity contribution in [3.63, 3.8) is 0 Å².